The highest BCUT2D eigenvalue weighted by molar-refractivity contribution is 5.89. The van der Waals surface area contributed by atoms with Crippen LogP contribution in [0.2, 0.25) is 0 Å². The van der Waals surface area contributed by atoms with Crippen LogP contribution >= 0.6 is 0 Å². The molecule has 1 aromatic carbocycles. The maximum Gasteiger partial charge on any atom is 0.408 e. The fourth-order valence-corrected chi connectivity index (χ4v) is 2.38. The molecule has 2 amide bonds. The number of hydrogen-bond donors (Lipinski definition) is 1. The predicted octanol–water partition coefficient (Wildman–Crippen LogP) is 3.64. The zero-order chi connectivity index (χ0) is 15.5. The number of likely N-dealkylation sites (tertiary alicyclic amines) is 1. The molecule has 0 saturated carbocycles. The molecule has 1 N–H and O–H groups in total. The monoisotopic (exact) mass is 302 g/mol. The molecule has 7 heteroatoms. The quantitative estimate of drug-likeness (QED) is 0.906. The third kappa shape index (κ3) is 3.80. The molecular weight excluding hydrogens is 285 g/mol. The van der Waals surface area contributed by atoms with Crippen LogP contribution in [0.4, 0.5) is 23.7 Å². The van der Waals surface area contributed by atoms with Crippen molar-refractivity contribution in [3.63, 3.8) is 0 Å². The molecule has 0 spiro atoms. The van der Waals surface area contributed by atoms with Gasteiger partial charge in [0, 0.05) is 12.2 Å². The van der Waals surface area contributed by atoms with Gasteiger partial charge in [-0.2, -0.15) is 13.2 Å². The topological polar surface area (TPSA) is 41.6 Å². The number of urea groups is 1. The number of carbonyl (C=O) groups excluding carboxylic acids is 1. The van der Waals surface area contributed by atoms with E-state index < -0.39 is 18.2 Å². The number of amides is 2. The van der Waals surface area contributed by atoms with E-state index in [9.17, 15) is 18.0 Å². The second-order valence-electron chi connectivity index (χ2n) is 4.91. The summed E-state index contributed by atoms with van der Waals surface area (Å²) in [6, 6.07) is 4.01. The molecule has 0 aliphatic carbocycles. The molecule has 1 fully saturated rings. The van der Waals surface area contributed by atoms with Crippen LogP contribution in [0.5, 0.6) is 5.75 Å². The standard InChI is InChI=1S/C14H17F3N2O2/c1-21-11-7-5-10(6-8-11)18-13(20)19-9-3-2-4-12(19)14(15,16)17/h5-8,12H,2-4,9H2,1H3,(H,18,20). The van der Waals surface area contributed by atoms with Crippen molar-refractivity contribution in [1.82, 2.24) is 4.90 Å². The number of anilines is 1. The van der Waals surface area contributed by atoms with Crippen molar-refractivity contribution in [3.05, 3.63) is 24.3 Å². The zero-order valence-electron chi connectivity index (χ0n) is 11.6. The highest BCUT2D eigenvalue weighted by Gasteiger charge is 2.46. The lowest BCUT2D eigenvalue weighted by molar-refractivity contribution is -0.181. The summed E-state index contributed by atoms with van der Waals surface area (Å²) in [4.78, 5) is 12.9. The van der Waals surface area contributed by atoms with E-state index in [4.69, 9.17) is 4.74 Å². The molecule has 0 radical (unpaired) electrons. The Labute approximate surface area is 120 Å². The van der Waals surface area contributed by atoms with E-state index in [2.05, 4.69) is 5.32 Å². The highest BCUT2D eigenvalue weighted by atomic mass is 19.4. The third-order valence-corrected chi connectivity index (χ3v) is 3.48. The molecule has 1 unspecified atom stereocenters. The summed E-state index contributed by atoms with van der Waals surface area (Å²) >= 11 is 0. The fourth-order valence-electron chi connectivity index (χ4n) is 2.38. The molecule has 1 aromatic rings. The second-order valence-corrected chi connectivity index (χ2v) is 4.91. The van der Waals surface area contributed by atoms with Crippen LogP contribution in [0.1, 0.15) is 19.3 Å². The van der Waals surface area contributed by atoms with E-state index >= 15 is 0 Å². The smallest absolute Gasteiger partial charge is 0.408 e. The van der Waals surface area contributed by atoms with Crippen molar-refractivity contribution >= 4 is 11.7 Å². The minimum atomic E-state index is -4.39. The van der Waals surface area contributed by atoms with Gasteiger partial charge in [-0.05, 0) is 43.5 Å². The van der Waals surface area contributed by atoms with Crippen LogP contribution < -0.4 is 10.1 Å². The van der Waals surface area contributed by atoms with Gasteiger partial charge in [-0.15, -0.1) is 0 Å². The summed E-state index contributed by atoms with van der Waals surface area (Å²) < 4.78 is 43.8. The van der Waals surface area contributed by atoms with Crippen molar-refractivity contribution in [2.75, 3.05) is 19.0 Å². The van der Waals surface area contributed by atoms with Gasteiger partial charge in [0.05, 0.1) is 7.11 Å². The Hall–Kier alpha value is -1.92. The Bertz CT molecular complexity index is 488. The van der Waals surface area contributed by atoms with Crippen LogP contribution in [0.15, 0.2) is 24.3 Å². The van der Waals surface area contributed by atoms with Crippen molar-refractivity contribution in [2.45, 2.75) is 31.5 Å². The number of nitrogens with zero attached hydrogens (tertiary/aromatic N) is 1. The lowest BCUT2D eigenvalue weighted by atomic mass is 10.0. The lowest BCUT2D eigenvalue weighted by Gasteiger charge is -2.36. The van der Waals surface area contributed by atoms with Crippen molar-refractivity contribution in [3.8, 4) is 5.75 Å². The fraction of sp³-hybridized carbons (Fsp3) is 0.500. The summed E-state index contributed by atoms with van der Waals surface area (Å²) in [5.74, 6) is 0.610. The Balaban J connectivity index is 2.06. The van der Waals surface area contributed by atoms with Gasteiger partial charge in [-0.3, -0.25) is 0 Å². The summed E-state index contributed by atoms with van der Waals surface area (Å²) in [6.45, 7) is 0.117. The van der Waals surface area contributed by atoms with Crippen LogP contribution in [-0.4, -0.2) is 36.8 Å². The largest absolute Gasteiger partial charge is 0.497 e. The molecule has 1 heterocycles. The zero-order valence-corrected chi connectivity index (χ0v) is 11.6. The second kappa shape index (κ2) is 6.24. The molecule has 116 valence electrons. The molecular formula is C14H17F3N2O2. The summed E-state index contributed by atoms with van der Waals surface area (Å²) in [6.07, 6.45) is -3.36. The number of methoxy groups -OCH3 is 1. The van der Waals surface area contributed by atoms with Crippen molar-refractivity contribution in [2.24, 2.45) is 0 Å². The average Bonchev–Trinajstić information content (AvgIpc) is 2.47. The number of halogens is 3. The van der Waals surface area contributed by atoms with Crippen LogP contribution in [0.25, 0.3) is 0 Å². The molecule has 0 aromatic heterocycles. The molecule has 1 aliphatic rings. The van der Waals surface area contributed by atoms with E-state index in [0.717, 1.165) is 4.90 Å². The number of alkyl halides is 3. The van der Waals surface area contributed by atoms with Gasteiger partial charge in [-0.25, -0.2) is 4.79 Å². The van der Waals surface area contributed by atoms with E-state index in [1.54, 1.807) is 24.3 Å². The van der Waals surface area contributed by atoms with E-state index in [0.29, 0.717) is 24.3 Å². The normalized spacial score (nSPS) is 19.2. The van der Waals surface area contributed by atoms with E-state index in [1.807, 2.05) is 0 Å². The Morgan fingerprint density at radius 2 is 1.95 bits per heavy atom. The number of rotatable bonds is 2. The maximum atomic E-state index is 13.0. The molecule has 4 nitrogen and oxygen atoms in total. The lowest BCUT2D eigenvalue weighted by Crippen LogP contribution is -2.52. The Morgan fingerprint density at radius 1 is 1.29 bits per heavy atom. The van der Waals surface area contributed by atoms with Crippen molar-refractivity contribution < 1.29 is 22.7 Å². The maximum absolute atomic E-state index is 13.0. The molecule has 0 bridgehead atoms. The summed E-state index contributed by atoms with van der Waals surface area (Å²) in [5, 5.41) is 2.50. The van der Waals surface area contributed by atoms with Gasteiger partial charge >= 0.3 is 12.2 Å². The third-order valence-electron chi connectivity index (χ3n) is 3.48. The SMILES string of the molecule is COc1ccc(NC(=O)N2CCCCC2C(F)(F)F)cc1. The minimum Gasteiger partial charge on any atom is -0.497 e. The van der Waals surface area contributed by atoms with Gasteiger partial charge in [0.25, 0.3) is 0 Å². The number of nitrogens with one attached hydrogen (secondary N) is 1. The number of carbonyl (C=O) groups is 1. The highest BCUT2D eigenvalue weighted by Crippen LogP contribution is 2.32. The minimum absolute atomic E-state index is 0.0421. The number of ether oxygens (including phenoxy) is 1. The van der Waals surface area contributed by atoms with Gasteiger partial charge in [-0.1, -0.05) is 0 Å². The van der Waals surface area contributed by atoms with Crippen LogP contribution in [0, 0.1) is 0 Å². The van der Waals surface area contributed by atoms with E-state index in [-0.39, 0.29) is 13.0 Å². The molecule has 21 heavy (non-hydrogen) atoms. The molecule has 1 aliphatic heterocycles. The first-order valence-corrected chi connectivity index (χ1v) is 6.70. The van der Waals surface area contributed by atoms with Crippen LogP contribution in [0.3, 0.4) is 0 Å². The van der Waals surface area contributed by atoms with Gasteiger partial charge in [0.15, 0.2) is 0 Å². The molecule has 1 atom stereocenters. The predicted molar refractivity (Wildman–Crippen MR) is 72.4 cm³/mol. The van der Waals surface area contributed by atoms with Crippen LogP contribution in [-0.2, 0) is 0 Å². The Morgan fingerprint density at radius 3 is 2.52 bits per heavy atom. The van der Waals surface area contributed by atoms with Gasteiger partial charge in [0.2, 0.25) is 0 Å². The van der Waals surface area contributed by atoms with Crippen molar-refractivity contribution in [1.29, 1.82) is 0 Å². The summed E-state index contributed by atoms with van der Waals surface area (Å²) in [5.41, 5.74) is 0.437. The number of piperidine rings is 1. The molecule has 1 saturated heterocycles. The summed E-state index contributed by atoms with van der Waals surface area (Å²) in [7, 11) is 1.51. The Kier molecular flexibility index (Phi) is 4.59. The first-order chi connectivity index (χ1) is 9.91. The number of benzene rings is 1. The van der Waals surface area contributed by atoms with E-state index in [1.165, 1.54) is 7.11 Å². The van der Waals surface area contributed by atoms with Gasteiger partial charge < -0.3 is 15.0 Å². The number of hydrogen-bond acceptors (Lipinski definition) is 2. The first-order valence-electron chi connectivity index (χ1n) is 6.70. The van der Waals surface area contributed by atoms with Gasteiger partial charge in [0.1, 0.15) is 11.8 Å². The average molecular weight is 302 g/mol. The first kappa shape index (κ1) is 15.5. The molecule has 2 rings (SSSR count).